The van der Waals surface area contributed by atoms with Gasteiger partial charge in [0.05, 0.1) is 10.5 Å². The van der Waals surface area contributed by atoms with E-state index in [0.29, 0.717) is 17.1 Å². The molecule has 0 saturated heterocycles. The van der Waals surface area contributed by atoms with Gasteiger partial charge in [-0.15, -0.1) is 0 Å². The molecule has 0 amide bonds. The van der Waals surface area contributed by atoms with Gasteiger partial charge in [-0.2, -0.15) is 0 Å². The van der Waals surface area contributed by atoms with Crippen LogP contribution in [0.25, 0.3) is 0 Å². The number of benzene rings is 1. The Kier molecular flexibility index (Phi) is 6.98. The van der Waals surface area contributed by atoms with Crippen LogP contribution in [0.2, 0.25) is 0 Å². The molecule has 0 aliphatic heterocycles. The zero-order valence-corrected chi connectivity index (χ0v) is 18.1. The second-order valence-corrected chi connectivity index (χ2v) is 11.1. The van der Waals surface area contributed by atoms with Crippen molar-refractivity contribution in [2.75, 3.05) is 16.4 Å². The van der Waals surface area contributed by atoms with Gasteiger partial charge >= 0.3 is 0 Å². The molecule has 0 saturated carbocycles. The van der Waals surface area contributed by atoms with Crippen LogP contribution >= 0.6 is 47.8 Å². The fourth-order valence-electron chi connectivity index (χ4n) is 1.91. The second kappa shape index (κ2) is 7.45. The van der Waals surface area contributed by atoms with Gasteiger partial charge in [-0.3, -0.25) is 0 Å². The van der Waals surface area contributed by atoms with Crippen LogP contribution in [0.1, 0.15) is 32.8 Å². The number of rotatable bonds is 6. The molecular formula is C15H21Br3O2S. The van der Waals surface area contributed by atoms with E-state index in [1.165, 1.54) is 0 Å². The van der Waals surface area contributed by atoms with Gasteiger partial charge in [-0.05, 0) is 44.9 Å². The average molecular weight is 505 g/mol. The van der Waals surface area contributed by atoms with Crippen LogP contribution in [0.4, 0.5) is 0 Å². The Balaban J connectivity index is 3.05. The van der Waals surface area contributed by atoms with Crippen molar-refractivity contribution in [1.82, 2.24) is 0 Å². The Morgan fingerprint density at radius 3 is 1.86 bits per heavy atom. The van der Waals surface area contributed by atoms with E-state index in [1.54, 1.807) is 20.8 Å². The third-order valence-electron chi connectivity index (χ3n) is 3.75. The Hall–Kier alpha value is 0.610. The molecule has 1 aromatic rings. The minimum atomic E-state index is -3.12. The lowest BCUT2D eigenvalue weighted by molar-refractivity contribution is 0.511. The van der Waals surface area contributed by atoms with Gasteiger partial charge in [0.25, 0.3) is 0 Å². The minimum absolute atomic E-state index is 0.184. The summed E-state index contributed by atoms with van der Waals surface area (Å²) in [5.74, 6) is 0.184. The minimum Gasteiger partial charge on any atom is -0.228 e. The Labute approximate surface area is 153 Å². The number of hydrogen-bond donors (Lipinski definition) is 0. The van der Waals surface area contributed by atoms with Crippen LogP contribution in [0.15, 0.2) is 28.7 Å². The summed E-state index contributed by atoms with van der Waals surface area (Å²) in [5.41, 5.74) is 0.919. The lowest BCUT2D eigenvalue weighted by atomic mass is 9.82. The number of alkyl halides is 2. The highest BCUT2D eigenvalue weighted by atomic mass is 79.9. The molecule has 0 spiro atoms. The van der Waals surface area contributed by atoms with Crippen LogP contribution in [-0.4, -0.2) is 29.6 Å². The standard InChI is InChI=1S/C15H21Br3O2S/c1-14(2,3)21(19,20)9-8-15(10-16,11-17)12-4-6-13(18)7-5-12/h4-7H,8-11H2,1-3H3. The maximum atomic E-state index is 12.4. The molecule has 6 heteroatoms. The van der Waals surface area contributed by atoms with Gasteiger partial charge in [-0.25, -0.2) is 8.42 Å². The van der Waals surface area contributed by atoms with E-state index in [0.717, 1.165) is 10.0 Å². The molecular weight excluding hydrogens is 484 g/mol. The first-order valence-electron chi connectivity index (χ1n) is 6.68. The van der Waals surface area contributed by atoms with Crippen molar-refractivity contribution in [3.05, 3.63) is 34.3 Å². The summed E-state index contributed by atoms with van der Waals surface area (Å²) < 4.78 is 25.1. The molecule has 120 valence electrons. The number of halogens is 3. The fourth-order valence-corrected chi connectivity index (χ4v) is 5.58. The molecule has 0 N–H and O–H groups in total. The van der Waals surface area contributed by atoms with Gasteiger partial charge in [0.15, 0.2) is 9.84 Å². The first-order valence-corrected chi connectivity index (χ1v) is 11.4. The zero-order chi connectivity index (χ0) is 16.3. The Morgan fingerprint density at radius 2 is 1.48 bits per heavy atom. The van der Waals surface area contributed by atoms with Gasteiger partial charge in [0.1, 0.15) is 0 Å². The molecule has 0 atom stereocenters. The Bertz CT molecular complexity index is 556. The van der Waals surface area contributed by atoms with E-state index in [4.69, 9.17) is 0 Å². The van der Waals surface area contributed by atoms with E-state index >= 15 is 0 Å². The second-order valence-electron chi connectivity index (χ2n) is 6.24. The normalized spacial score (nSPS) is 13.4. The van der Waals surface area contributed by atoms with E-state index in [-0.39, 0.29) is 11.2 Å². The highest BCUT2D eigenvalue weighted by Crippen LogP contribution is 2.34. The van der Waals surface area contributed by atoms with Crippen LogP contribution in [0.5, 0.6) is 0 Å². The van der Waals surface area contributed by atoms with Crippen LogP contribution in [0, 0.1) is 0 Å². The quantitative estimate of drug-likeness (QED) is 0.506. The summed E-state index contributed by atoms with van der Waals surface area (Å²) in [7, 11) is -3.12. The Morgan fingerprint density at radius 1 is 1.00 bits per heavy atom. The molecule has 1 aromatic carbocycles. The van der Waals surface area contributed by atoms with Gasteiger partial charge in [-0.1, -0.05) is 59.9 Å². The lowest BCUT2D eigenvalue weighted by Crippen LogP contribution is -2.37. The average Bonchev–Trinajstić information content (AvgIpc) is 2.41. The summed E-state index contributed by atoms with van der Waals surface area (Å²) in [6, 6.07) is 8.09. The molecule has 0 aliphatic carbocycles. The van der Waals surface area contributed by atoms with Gasteiger partial charge in [0.2, 0.25) is 0 Å². The fraction of sp³-hybridized carbons (Fsp3) is 0.600. The van der Waals surface area contributed by atoms with Crippen molar-refractivity contribution < 1.29 is 8.42 Å². The molecule has 2 nitrogen and oxygen atoms in total. The topological polar surface area (TPSA) is 34.1 Å². The van der Waals surface area contributed by atoms with E-state index in [2.05, 4.69) is 59.9 Å². The largest absolute Gasteiger partial charge is 0.228 e. The predicted molar refractivity (Wildman–Crippen MR) is 102 cm³/mol. The third-order valence-corrected chi connectivity index (χ3v) is 9.03. The van der Waals surface area contributed by atoms with Crippen molar-refractivity contribution in [2.24, 2.45) is 0 Å². The number of sulfone groups is 1. The van der Waals surface area contributed by atoms with Crippen LogP contribution < -0.4 is 0 Å². The SMILES string of the molecule is CC(C)(C)S(=O)(=O)CCC(CBr)(CBr)c1ccc(Br)cc1. The summed E-state index contributed by atoms with van der Waals surface area (Å²) in [6.07, 6.45) is 0.588. The smallest absolute Gasteiger partial charge is 0.155 e. The molecule has 0 aliphatic rings. The maximum Gasteiger partial charge on any atom is 0.155 e. The van der Waals surface area contributed by atoms with Crippen molar-refractivity contribution in [1.29, 1.82) is 0 Å². The van der Waals surface area contributed by atoms with Crippen LogP contribution in [-0.2, 0) is 15.3 Å². The van der Waals surface area contributed by atoms with Crippen molar-refractivity contribution >= 4 is 57.6 Å². The van der Waals surface area contributed by atoms with Crippen molar-refractivity contribution in [3.63, 3.8) is 0 Å². The van der Waals surface area contributed by atoms with E-state index in [1.807, 2.05) is 12.1 Å². The predicted octanol–water partition coefficient (Wildman–Crippen LogP) is 5.08. The summed E-state index contributed by atoms with van der Waals surface area (Å²) in [6.45, 7) is 5.27. The first kappa shape index (κ1) is 19.7. The first-order chi connectivity index (χ1) is 9.58. The molecule has 0 fully saturated rings. The van der Waals surface area contributed by atoms with Crippen molar-refractivity contribution in [3.8, 4) is 0 Å². The molecule has 1 rings (SSSR count). The summed E-state index contributed by atoms with van der Waals surface area (Å²) >= 11 is 10.6. The van der Waals surface area contributed by atoms with E-state index < -0.39 is 14.6 Å². The molecule has 21 heavy (non-hydrogen) atoms. The number of hydrogen-bond acceptors (Lipinski definition) is 2. The van der Waals surface area contributed by atoms with Crippen molar-refractivity contribution in [2.45, 2.75) is 37.4 Å². The molecule has 0 bridgehead atoms. The monoisotopic (exact) mass is 502 g/mol. The highest BCUT2D eigenvalue weighted by Gasteiger charge is 2.35. The molecule has 0 heterocycles. The third kappa shape index (κ3) is 4.79. The van der Waals surface area contributed by atoms with Crippen LogP contribution in [0.3, 0.4) is 0 Å². The van der Waals surface area contributed by atoms with Gasteiger partial charge < -0.3 is 0 Å². The lowest BCUT2D eigenvalue weighted by Gasteiger charge is -2.32. The zero-order valence-electron chi connectivity index (χ0n) is 12.5. The summed E-state index contributed by atoms with van der Waals surface area (Å²) in [4.78, 5) is 0. The molecule has 0 aromatic heterocycles. The summed E-state index contributed by atoms with van der Waals surface area (Å²) in [5, 5.41) is 1.43. The maximum absolute atomic E-state index is 12.4. The van der Waals surface area contributed by atoms with Gasteiger partial charge in [0, 0.05) is 20.5 Å². The highest BCUT2D eigenvalue weighted by molar-refractivity contribution is 9.10. The molecule has 0 radical (unpaired) electrons. The van der Waals surface area contributed by atoms with E-state index in [9.17, 15) is 8.42 Å². The molecule has 0 unspecified atom stereocenters.